The highest BCUT2D eigenvalue weighted by atomic mass is 79.9. The topological polar surface area (TPSA) is 39.9 Å². The van der Waals surface area contributed by atoms with Crippen molar-refractivity contribution in [2.45, 2.75) is 13.0 Å². The summed E-state index contributed by atoms with van der Waals surface area (Å²) < 4.78 is 7.56. The molecule has 5 heteroatoms. The quantitative estimate of drug-likeness (QED) is 0.628. The zero-order chi connectivity index (χ0) is 6.97. The number of hydrogen-bond donors (Lipinski definition) is 0. The Labute approximate surface area is 66.3 Å². The van der Waals surface area contributed by atoms with E-state index in [-0.39, 0.29) is 0 Å². The number of fused-ring (bicyclic) bond motifs is 1. The molecule has 0 aromatic carbocycles. The Kier molecular flexibility index (Phi) is 1.37. The van der Waals surface area contributed by atoms with Crippen LogP contribution in [0.2, 0.25) is 0 Å². The molecule has 0 atom stereocenters. The number of aryl methyl sites for hydroxylation is 1. The molecule has 0 bridgehead atoms. The molecular formula is C5H6BrN3O. The molecule has 0 N–H and O–H groups in total. The third kappa shape index (κ3) is 0.901. The lowest BCUT2D eigenvalue weighted by Gasteiger charge is -2.11. The first-order valence-corrected chi connectivity index (χ1v) is 3.89. The highest BCUT2D eigenvalue weighted by Gasteiger charge is 2.12. The molecule has 0 amide bonds. The lowest BCUT2D eigenvalue weighted by atomic mass is 10.4. The first-order chi connectivity index (χ1) is 4.86. The van der Waals surface area contributed by atoms with Crippen molar-refractivity contribution in [1.82, 2.24) is 14.8 Å². The summed E-state index contributed by atoms with van der Waals surface area (Å²) >= 11 is 3.17. The lowest BCUT2D eigenvalue weighted by molar-refractivity contribution is 0.221. The molecule has 1 aliphatic rings. The predicted octanol–water partition coefficient (Wildman–Crippen LogP) is 0.823. The van der Waals surface area contributed by atoms with Gasteiger partial charge in [0.25, 0.3) is 0 Å². The van der Waals surface area contributed by atoms with Crippen LogP contribution < -0.4 is 4.74 Å². The van der Waals surface area contributed by atoms with Gasteiger partial charge in [-0.2, -0.15) is 4.98 Å². The summed E-state index contributed by atoms with van der Waals surface area (Å²) in [6, 6.07) is 0.623. The van der Waals surface area contributed by atoms with Crippen molar-refractivity contribution in [2.75, 3.05) is 6.61 Å². The molecule has 0 saturated heterocycles. The number of rotatable bonds is 0. The van der Waals surface area contributed by atoms with Gasteiger partial charge in [0.15, 0.2) is 0 Å². The van der Waals surface area contributed by atoms with Gasteiger partial charge < -0.3 is 4.74 Å². The van der Waals surface area contributed by atoms with Crippen molar-refractivity contribution >= 4 is 15.9 Å². The Morgan fingerprint density at radius 1 is 1.60 bits per heavy atom. The fourth-order valence-corrected chi connectivity index (χ4v) is 1.27. The van der Waals surface area contributed by atoms with Gasteiger partial charge >= 0.3 is 6.01 Å². The van der Waals surface area contributed by atoms with Crippen molar-refractivity contribution in [2.24, 2.45) is 0 Å². The fraction of sp³-hybridized carbons (Fsp3) is 0.600. The second kappa shape index (κ2) is 2.23. The zero-order valence-corrected chi connectivity index (χ0v) is 6.84. The Hall–Kier alpha value is -0.580. The lowest BCUT2D eigenvalue weighted by Crippen LogP contribution is -2.14. The molecule has 0 radical (unpaired) electrons. The van der Waals surface area contributed by atoms with E-state index >= 15 is 0 Å². The Bertz CT molecular complexity index is 224. The summed E-state index contributed by atoms with van der Waals surface area (Å²) in [7, 11) is 0. The number of halogens is 1. The van der Waals surface area contributed by atoms with Gasteiger partial charge in [0.05, 0.1) is 6.61 Å². The fourth-order valence-electron chi connectivity index (χ4n) is 0.932. The van der Waals surface area contributed by atoms with E-state index in [0.717, 1.165) is 19.6 Å². The van der Waals surface area contributed by atoms with Crippen LogP contribution in [-0.2, 0) is 6.54 Å². The molecule has 1 aromatic rings. The van der Waals surface area contributed by atoms with E-state index < -0.39 is 0 Å². The second-order valence-corrected chi connectivity index (χ2v) is 2.80. The van der Waals surface area contributed by atoms with Crippen molar-refractivity contribution in [3.8, 4) is 6.01 Å². The van der Waals surface area contributed by atoms with E-state index in [0.29, 0.717) is 10.7 Å². The maximum Gasteiger partial charge on any atom is 0.315 e. The van der Waals surface area contributed by atoms with Crippen LogP contribution in [0, 0.1) is 0 Å². The van der Waals surface area contributed by atoms with Crippen LogP contribution in [0.4, 0.5) is 0 Å². The van der Waals surface area contributed by atoms with E-state index in [1.807, 2.05) is 0 Å². The van der Waals surface area contributed by atoms with E-state index in [2.05, 4.69) is 26.0 Å². The SMILES string of the molecule is Brc1nc2n(n1)CCCO2. The van der Waals surface area contributed by atoms with Crippen LogP contribution in [0.5, 0.6) is 6.01 Å². The predicted molar refractivity (Wildman–Crippen MR) is 37.8 cm³/mol. The van der Waals surface area contributed by atoms with Gasteiger partial charge in [-0.3, -0.25) is 0 Å². The summed E-state index contributed by atoms with van der Waals surface area (Å²) in [6.07, 6.45) is 1.02. The summed E-state index contributed by atoms with van der Waals surface area (Å²) in [5.41, 5.74) is 0. The summed E-state index contributed by atoms with van der Waals surface area (Å²) in [5, 5.41) is 4.05. The van der Waals surface area contributed by atoms with Crippen LogP contribution in [0.1, 0.15) is 6.42 Å². The molecule has 0 aliphatic carbocycles. The Morgan fingerprint density at radius 2 is 2.50 bits per heavy atom. The van der Waals surface area contributed by atoms with Gasteiger partial charge in [-0.25, -0.2) is 4.68 Å². The molecule has 1 aromatic heterocycles. The van der Waals surface area contributed by atoms with Crippen molar-refractivity contribution in [3.63, 3.8) is 0 Å². The van der Waals surface area contributed by atoms with Crippen LogP contribution >= 0.6 is 15.9 Å². The molecule has 4 nitrogen and oxygen atoms in total. The number of nitrogens with zero attached hydrogens (tertiary/aromatic N) is 3. The molecule has 0 unspecified atom stereocenters. The minimum atomic E-state index is 0.601. The monoisotopic (exact) mass is 203 g/mol. The second-order valence-electron chi connectivity index (χ2n) is 2.09. The first kappa shape index (κ1) is 6.15. The number of hydrogen-bond acceptors (Lipinski definition) is 3. The van der Waals surface area contributed by atoms with Crippen LogP contribution in [0.3, 0.4) is 0 Å². The van der Waals surface area contributed by atoms with Crippen molar-refractivity contribution < 1.29 is 4.74 Å². The highest BCUT2D eigenvalue weighted by molar-refractivity contribution is 9.10. The van der Waals surface area contributed by atoms with Crippen molar-refractivity contribution in [1.29, 1.82) is 0 Å². The smallest absolute Gasteiger partial charge is 0.315 e. The normalized spacial score (nSPS) is 16.1. The average Bonchev–Trinajstić information content (AvgIpc) is 2.27. The largest absolute Gasteiger partial charge is 0.464 e. The molecule has 54 valence electrons. The van der Waals surface area contributed by atoms with E-state index in [4.69, 9.17) is 4.74 Å². The van der Waals surface area contributed by atoms with Gasteiger partial charge in [-0.05, 0) is 15.9 Å². The van der Waals surface area contributed by atoms with Crippen LogP contribution in [0.25, 0.3) is 0 Å². The molecule has 2 rings (SSSR count). The minimum absolute atomic E-state index is 0.601. The molecule has 0 saturated carbocycles. The van der Waals surface area contributed by atoms with Gasteiger partial charge in [0, 0.05) is 13.0 Å². The van der Waals surface area contributed by atoms with Gasteiger partial charge in [-0.15, -0.1) is 5.10 Å². The Morgan fingerprint density at radius 3 is 3.30 bits per heavy atom. The van der Waals surface area contributed by atoms with Gasteiger partial charge in [0.2, 0.25) is 4.73 Å². The minimum Gasteiger partial charge on any atom is -0.464 e. The zero-order valence-electron chi connectivity index (χ0n) is 5.25. The first-order valence-electron chi connectivity index (χ1n) is 3.09. The summed E-state index contributed by atoms with van der Waals surface area (Å²) in [6.45, 7) is 1.67. The standard InChI is InChI=1S/C5H6BrN3O/c6-4-7-5-9(8-4)2-1-3-10-5/h1-3H2. The summed E-state index contributed by atoms with van der Waals surface area (Å²) in [4.78, 5) is 4.00. The molecular weight excluding hydrogens is 198 g/mol. The van der Waals surface area contributed by atoms with Crippen LogP contribution in [-0.4, -0.2) is 21.4 Å². The third-order valence-corrected chi connectivity index (χ3v) is 1.69. The molecule has 10 heavy (non-hydrogen) atoms. The molecule has 0 spiro atoms. The average molecular weight is 204 g/mol. The molecule has 1 aliphatic heterocycles. The van der Waals surface area contributed by atoms with Gasteiger partial charge in [-0.1, -0.05) is 0 Å². The van der Waals surface area contributed by atoms with E-state index in [1.165, 1.54) is 0 Å². The highest BCUT2D eigenvalue weighted by Crippen LogP contribution is 2.15. The Balaban J connectivity index is 2.41. The van der Waals surface area contributed by atoms with Gasteiger partial charge in [0.1, 0.15) is 0 Å². The van der Waals surface area contributed by atoms with E-state index in [1.54, 1.807) is 4.68 Å². The molecule has 2 heterocycles. The number of aromatic nitrogens is 3. The maximum atomic E-state index is 5.20. The molecule has 0 fully saturated rings. The maximum absolute atomic E-state index is 5.20. The van der Waals surface area contributed by atoms with Crippen LogP contribution in [0.15, 0.2) is 4.73 Å². The van der Waals surface area contributed by atoms with Crippen molar-refractivity contribution in [3.05, 3.63) is 4.73 Å². The summed E-state index contributed by atoms with van der Waals surface area (Å²) in [5.74, 6) is 0. The third-order valence-electron chi connectivity index (χ3n) is 1.36. The number of ether oxygens (including phenoxy) is 1. The van der Waals surface area contributed by atoms with E-state index in [9.17, 15) is 0 Å².